The number of imide groups is 1. The monoisotopic (exact) mass is 255 g/mol. The molecule has 18 heavy (non-hydrogen) atoms. The Bertz CT molecular complexity index is 271. The van der Waals surface area contributed by atoms with Crippen molar-refractivity contribution in [1.82, 2.24) is 15.5 Å². The summed E-state index contributed by atoms with van der Waals surface area (Å²) in [7, 11) is 0. The van der Waals surface area contributed by atoms with E-state index in [2.05, 4.69) is 15.5 Å². The first-order valence-corrected chi connectivity index (χ1v) is 6.90. The SMILES string of the molecule is CC(C)NC(=O)NC(=O)CN1CCCCCCC1. The molecule has 0 aromatic rings. The van der Waals surface area contributed by atoms with Gasteiger partial charge in [0.25, 0.3) is 0 Å². The summed E-state index contributed by atoms with van der Waals surface area (Å²) in [5.74, 6) is -0.214. The van der Waals surface area contributed by atoms with Gasteiger partial charge in [0.1, 0.15) is 0 Å². The Morgan fingerprint density at radius 3 is 2.17 bits per heavy atom. The second kappa shape index (κ2) is 8.08. The molecule has 3 amide bonds. The van der Waals surface area contributed by atoms with Crippen molar-refractivity contribution in [1.29, 1.82) is 0 Å². The minimum absolute atomic E-state index is 0.0412. The lowest BCUT2D eigenvalue weighted by Crippen LogP contribution is -2.46. The van der Waals surface area contributed by atoms with E-state index >= 15 is 0 Å². The lowest BCUT2D eigenvalue weighted by atomic mass is 10.1. The van der Waals surface area contributed by atoms with Gasteiger partial charge in [-0.1, -0.05) is 19.3 Å². The summed E-state index contributed by atoms with van der Waals surface area (Å²) in [5, 5.41) is 5.01. The standard InChI is InChI=1S/C13H25N3O2/c1-11(2)14-13(18)15-12(17)10-16-8-6-4-3-5-7-9-16/h11H,3-10H2,1-2H3,(H2,14,15,17,18). The van der Waals surface area contributed by atoms with Crippen molar-refractivity contribution in [2.45, 2.75) is 52.0 Å². The van der Waals surface area contributed by atoms with Gasteiger partial charge in [-0.2, -0.15) is 0 Å². The van der Waals surface area contributed by atoms with Crippen LogP contribution in [-0.2, 0) is 4.79 Å². The molecule has 1 heterocycles. The van der Waals surface area contributed by atoms with Crippen LogP contribution in [0.4, 0.5) is 4.79 Å². The van der Waals surface area contributed by atoms with Gasteiger partial charge in [-0.05, 0) is 39.8 Å². The summed E-state index contributed by atoms with van der Waals surface area (Å²) in [6.45, 7) is 5.97. The van der Waals surface area contributed by atoms with Crippen LogP contribution in [0.2, 0.25) is 0 Å². The predicted octanol–water partition coefficient (Wildman–Crippen LogP) is 1.49. The Morgan fingerprint density at radius 2 is 1.61 bits per heavy atom. The van der Waals surface area contributed by atoms with Crippen molar-refractivity contribution in [2.24, 2.45) is 0 Å². The zero-order valence-corrected chi connectivity index (χ0v) is 11.5. The van der Waals surface area contributed by atoms with Crippen molar-refractivity contribution < 1.29 is 9.59 Å². The van der Waals surface area contributed by atoms with E-state index in [0.717, 1.165) is 25.9 Å². The normalized spacial score (nSPS) is 17.9. The Kier molecular flexibility index (Phi) is 6.72. The lowest BCUT2D eigenvalue weighted by molar-refractivity contribution is -0.121. The molecular formula is C13H25N3O2. The van der Waals surface area contributed by atoms with Crippen molar-refractivity contribution in [2.75, 3.05) is 19.6 Å². The molecule has 5 nitrogen and oxygen atoms in total. The van der Waals surface area contributed by atoms with Crippen LogP contribution >= 0.6 is 0 Å². The van der Waals surface area contributed by atoms with Crippen LogP contribution in [0.3, 0.4) is 0 Å². The fourth-order valence-corrected chi connectivity index (χ4v) is 2.14. The molecule has 5 heteroatoms. The zero-order valence-electron chi connectivity index (χ0n) is 11.5. The molecule has 0 aromatic carbocycles. The first kappa shape index (κ1) is 15.0. The van der Waals surface area contributed by atoms with Crippen LogP contribution in [0.15, 0.2) is 0 Å². The Balaban J connectivity index is 2.27. The molecule has 104 valence electrons. The summed E-state index contributed by atoms with van der Waals surface area (Å²) in [6, 6.07) is -0.360. The summed E-state index contributed by atoms with van der Waals surface area (Å²) < 4.78 is 0. The van der Waals surface area contributed by atoms with Crippen LogP contribution in [0.25, 0.3) is 0 Å². The maximum absolute atomic E-state index is 11.7. The highest BCUT2D eigenvalue weighted by Gasteiger charge is 2.14. The van der Waals surface area contributed by atoms with Gasteiger partial charge < -0.3 is 5.32 Å². The molecule has 1 fully saturated rings. The highest BCUT2D eigenvalue weighted by Crippen LogP contribution is 2.09. The number of hydrogen-bond donors (Lipinski definition) is 2. The van der Waals surface area contributed by atoms with Gasteiger partial charge in [0.15, 0.2) is 0 Å². The van der Waals surface area contributed by atoms with Gasteiger partial charge in [-0.25, -0.2) is 4.79 Å². The van der Waals surface area contributed by atoms with E-state index in [4.69, 9.17) is 0 Å². The number of rotatable bonds is 3. The molecular weight excluding hydrogens is 230 g/mol. The molecule has 1 aliphatic rings. The average molecular weight is 255 g/mol. The van der Waals surface area contributed by atoms with Gasteiger partial charge in [-0.15, -0.1) is 0 Å². The Morgan fingerprint density at radius 1 is 1.06 bits per heavy atom. The van der Waals surface area contributed by atoms with Crippen molar-refractivity contribution >= 4 is 11.9 Å². The third-order valence-electron chi connectivity index (χ3n) is 2.99. The molecule has 0 radical (unpaired) electrons. The van der Waals surface area contributed by atoms with Gasteiger partial charge in [0.05, 0.1) is 6.54 Å². The Labute approximate surface area is 109 Å². The second-order valence-corrected chi connectivity index (χ2v) is 5.22. The maximum Gasteiger partial charge on any atom is 0.321 e. The second-order valence-electron chi connectivity index (χ2n) is 5.22. The number of nitrogens with one attached hydrogen (secondary N) is 2. The number of hydrogen-bond acceptors (Lipinski definition) is 3. The number of urea groups is 1. The minimum Gasteiger partial charge on any atom is -0.336 e. The highest BCUT2D eigenvalue weighted by molar-refractivity contribution is 5.95. The molecule has 0 bridgehead atoms. The van der Waals surface area contributed by atoms with Crippen LogP contribution < -0.4 is 10.6 Å². The molecule has 0 spiro atoms. The fraction of sp³-hybridized carbons (Fsp3) is 0.846. The predicted molar refractivity (Wildman–Crippen MR) is 71.3 cm³/mol. The van der Waals surface area contributed by atoms with Gasteiger partial charge >= 0.3 is 6.03 Å². The van der Waals surface area contributed by atoms with E-state index in [-0.39, 0.29) is 11.9 Å². The molecule has 1 aliphatic heterocycles. The van der Waals surface area contributed by atoms with Crippen LogP contribution in [0.1, 0.15) is 46.0 Å². The zero-order chi connectivity index (χ0) is 13.4. The summed E-state index contributed by atoms with van der Waals surface area (Å²) in [5.41, 5.74) is 0. The van der Waals surface area contributed by atoms with Crippen LogP contribution in [-0.4, -0.2) is 42.5 Å². The largest absolute Gasteiger partial charge is 0.336 e. The summed E-state index contributed by atoms with van der Waals surface area (Å²) in [4.78, 5) is 25.2. The van der Waals surface area contributed by atoms with Crippen molar-refractivity contribution in [3.63, 3.8) is 0 Å². The molecule has 0 atom stereocenters. The van der Waals surface area contributed by atoms with E-state index in [9.17, 15) is 9.59 Å². The minimum atomic E-state index is -0.401. The number of likely N-dealkylation sites (tertiary alicyclic amines) is 1. The van der Waals surface area contributed by atoms with E-state index in [1.807, 2.05) is 13.8 Å². The quantitative estimate of drug-likeness (QED) is 0.803. The van der Waals surface area contributed by atoms with E-state index < -0.39 is 6.03 Å². The molecule has 0 saturated carbocycles. The first-order valence-electron chi connectivity index (χ1n) is 6.90. The van der Waals surface area contributed by atoms with E-state index in [1.165, 1.54) is 19.3 Å². The van der Waals surface area contributed by atoms with Crippen molar-refractivity contribution in [3.8, 4) is 0 Å². The van der Waals surface area contributed by atoms with Crippen LogP contribution in [0.5, 0.6) is 0 Å². The topological polar surface area (TPSA) is 61.4 Å². The average Bonchev–Trinajstić information content (AvgIpc) is 2.20. The molecule has 0 unspecified atom stereocenters. The van der Waals surface area contributed by atoms with E-state index in [1.54, 1.807) is 0 Å². The van der Waals surface area contributed by atoms with Crippen molar-refractivity contribution in [3.05, 3.63) is 0 Å². The first-order chi connectivity index (χ1) is 8.58. The van der Waals surface area contributed by atoms with Gasteiger partial charge in [-0.3, -0.25) is 15.0 Å². The van der Waals surface area contributed by atoms with Gasteiger partial charge in [0.2, 0.25) is 5.91 Å². The van der Waals surface area contributed by atoms with E-state index in [0.29, 0.717) is 6.54 Å². The summed E-state index contributed by atoms with van der Waals surface area (Å²) >= 11 is 0. The maximum atomic E-state index is 11.7. The molecule has 2 N–H and O–H groups in total. The smallest absolute Gasteiger partial charge is 0.321 e. The third kappa shape index (κ3) is 6.59. The van der Waals surface area contributed by atoms with Gasteiger partial charge in [0, 0.05) is 6.04 Å². The van der Waals surface area contributed by atoms with Crippen LogP contribution in [0, 0.1) is 0 Å². The number of amides is 3. The third-order valence-corrected chi connectivity index (χ3v) is 2.99. The molecule has 0 aromatic heterocycles. The number of carbonyl (C=O) groups is 2. The molecule has 1 saturated heterocycles. The number of nitrogens with zero attached hydrogens (tertiary/aromatic N) is 1. The highest BCUT2D eigenvalue weighted by atomic mass is 16.2. The fourth-order valence-electron chi connectivity index (χ4n) is 2.14. The molecule has 0 aliphatic carbocycles. The lowest BCUT2D eigenvalue weighted by Gasteiger charge is -2.23. The molecule has 1 rings (SSSR count). The Hall–Kier alpha value is -1.10. The summed E-state index contributed by atoms with van der Waals surface area (Å²) in [6.07, 6.45) is 6.08. The number of carbonyl (C=O) groups excluding carboxylic acids is 2.